The van der Waals surface area contributed by atoms with Crippen molar-refractivity contribution in [2.75, 3.05) is 25.0 Å². The molecular formula is C5H13NOS3. The van der Waals surface area contributed by atoms with E-state index in [9.17, 15) is 4.79 Å². The first-order chi connectivity index (χ1) is 4.14. The van der Waals surface area contributed by atoms with Crippen LogP contribution in [0.5, 0.6) is 0 Å². The minimum Gasteiger partial charge on any atom is -0.283 e. The Hall–Kier alpha value is 0.520. The molecule has 1 aliphatic rings. The molecular weight excluding hydrogens is 186 g/mol. The van der Waals surface area contributed by atoms with Crippen LogP contribution >= 0.6 is 28.1 Å². The molecule has 2 nitrogen and oxygen atoms in total. The van der Waals surface area contributed by atoms with Crippen molar-refractivity contribution in [2.24, 2.45) is 0 Å². The summed E-state index contributed by atoms with van der Waals surface area (Å²) < 4.78 is 2.78. The van der Waals surface area contributed by atoms with Crippen LogP contribution in [0.15, 0.2) is 0 Å². The average molecular weight is 199 g/mol. The highest BCUT2D eigenvalue weighted by Gasteiger charge is 2.55. The van der Waals surface area contributed by atoms with Gasteiger partial charge in [-0.2, -0.15) is 7.33 Å². The summed E-state index contributed by atoms with van der Waals surface area (Å²) in [6.45, 7) is 0. The average Bonchev–Trinajstić information content (AvgIpc) is 1.78. The van der Waals surface area contributed by atoms with Crippen LogP contribution in [0.4, 0.5) is 4.79 Å². The topological polar surface area (TPSA) is 29.1 Å². The van der Waals surface area contributed by atoms with Crippen molar-refractivity contribution in [1.29, 1.82) is 0 Å². The zero-order valence-electron chi connectivity index (χ0n) is 6.63. The van der Waals surface area contributed by atoms with Crippen LogP contribution in [0.2, 0.25) is 0 Å². The van der Waals surface area contributed by atoms with Crippen LogP contribution in [0.3, 0.4) is 0 Å². The van der Waals surface area contributed by atoms with Crippen molar-refractivity contribution in [2.45, 2.75) is 0 Å². The Labute approximate surface area is 68.1 Å². The van der Waals surface area contributed by atoms with Gasteiger partial charge in [0.1, 0.15) is 0 Å². The molecule has 1 saturated heterocycles. The van der Waals surface area contributed by atoms with Gasteiger partial charge in [0, 0.05) is 11.0 Å². The smallest absolute Gasteiger partial charge is 0.267 e. The normalized spacial score (nSPS) is 40.2. The summed E-state index contributed by atoms with van der Waals surface area (Å²) in [5.41, 5.74) is 0. The lowest BCUT2D eigenvalue weighted by Crippen LogP contribution is -2.34. The largest absolute Gasteiger partial charge is 0.283 e. The number of carbonyl (C=O) groups excluding carboxylic acids is 1. The van der Waals surface area contributed by atoms with Gasteiger partial charge < -0.3 is 0 Å². The van der Waals surface area contributed by atoms with Gasteiger partial charge in [-0.05, 0) is 34.8 Å². The highest BCUT2D eigenvalue weighted by molar-refractivity contribution is 9.35. The second-order valence-corrected chi connectivity index (χ2v) is 20.1. The van der Waals surface area contributed by atoms with Crippen molar-refractivity contribution in [3.63, 3.8) is 0 Å². The Morgan fingerprint density at radius 2 is 1.80 bits per heavy atom. The molecule has 0 atom stereocenters. The molecule has 0 aromatic rings. The molecule has 10 heavy (non-hydrogen) atoms. The Bertz CT molecular complexity index is 201. The Kier molecular flexibility index (Phi) is 1.29. The number of rotatable bonds is 0. The molecule has 62 valence electrons. The molecule has 0 spiro atoms. The lowest BCUT2D eigenvalue weighted by atomic mass is 11.4. The summed E-state index contributed by atoms with van der Waals surface area (Å²) >= 11 is 0. The molecule has 1 amide bonds. The van der Waals surface area contributed by atoms with Crippen molar-refractivity contribution >= 4 is 33.4 Å². The summed E-state index contributed by atoms with van der Waals surface area (Å²) in [6.07, 6.45) is 8.28. The van der Waals surface area contributed by atoms with Gasteiger partial charge >= 0.3 is 0 Å². The minimum absolute atomic E-state index is 0.204. The number of hydrogen-bond donors (Lipinski definition) is 1. The maximum Gasteiger partial charge on any atom is 0.267 e. The maximum atomic E-state index is 11.4. The van der Waals surface area contributed by atoms with E-state index in [1.165, 1.54) is 11.0 Å². The fraction of sp³-hybridized carbons (Fsp3) is 0.800. The van der Waals surface area contributed by atoms with Gasteiger partial charge in [-0.1, -0.05) is 0 Å². The summed E-state index contributed by atoms with van der Waals surface area (Å²) in [6, 6.07) is 0. The van der Waals surface area contributed by atoms with Crippen LogP contribution in [-0.2, 0) is 0 Å². The predicted molar refractivity (Wildman–Crippen MR) is 55.0 cm³/mol. The number of carbonyl (C=O) groups is 1. The number of nitrogens with one attached hydrogen (secondary N) is 1. The molecule has 0 radical (unpaired) electrons. The third-order valence-electron chi connectivity index (χ3n) is 1.28. The third kappa shape index (κ3) is 1.26. The highest BCUT2D eigenvalue weighted by atomic mass is 33.6. The monoisotopic (exact) mass is 199 g/mol. The van der Waals surface area contributed by atoms with Gasteiger partial charge in [-0.3, -0.25) is 9.52 Å². The fourth-order valence-electron chi connectivity index (χ4n) is 0.419. The fourth-order valence-corrected chi connectivity index (χ4v) is 8.00. The molecule has 1 N–H and O–H groups in total. The second kappa shape index (κ2) is 1.49. The van der Waals surface area contributed by atoms with Gasteiger partial charge in [-0.15, -0.1) is 0 Å². The molecule has 0 unspecified atom stereocenters. The Morgan fingerprint density at radius 1 is 1.30 bits per heavy atom. The SMILES string of the molecule is CS1(C)(C)(C)SSNC1=O. The van der Waals surface area contributed by atoms with Crippen LogP contribution in [0.1, 0.15) is 0 Å². The van der Waals surface area contributed by atoms with Gasteiger partial charge in [0.25, 0.3) is 5.24 Å². The van der Waals surface area contributed by atoms with E-state index in [-0.39, 0.29) is 5.24 Å². The zero-order chi connectivity index (χ0) is 8.11. The lowest BCUT2D eigenvalue weighted by Gasteiger charge is -2.59. The first kappa shape index (κ1) is 8.62. The van der Waals surface area contributed by atoms with E-state index in [1.807, 2.05) is 0 Å². The molecule has 0 aliphatic carbocycles. The molecule has 0 aromatic heterocycles. The zero-order valence-corrected chi connectivity index (χ0v) is 9.08. The number of hydrogen-bond acceptors (Lipinski definition) is 3. The Morgan fingerprint density at radius 3 is 1.90 bits per heavy atom. The molecule has 1 fully saturated rings. The van der Waals surface area contributed by atoms with E-state index in [2.05, 4.69) is 29.7 Å². The van der Waals surface area contributed by atoms with E-state index in [4.69, 9.17) is 0 Å². The van der Waals surface area contributed by atoms with Crippen LogP contribution < -0.4 is 4.72 Å². The molecule has 1 aliphatic heterocycles. The van der Waals surface area contributed by atoms with Crippen molar-refractivity contribution in [3.05, 3.63) is 0 Å². The van der Waals surface area contributed by atoms with E-state index >= 15 is 0 Å². The minimum atomic E-state index is -2.40. The third-order valence-corrected chi connectivity index (χ3v) is 13.0. The first-order valence-corrected chi connectivity index (χ1v) is 9.58. The lowest BCUT2D eigenvalue weighted by molar-refractivity contribution is 0.264. The molecule has 0 bridgehead atoms. The number of amides is 1. The van der Waals surface area contributed by atoms with Crippen molar-refractivity contribution in [3.8, 4) is 0 Å². The second-order valence-electron chi connectivity index (χ2n) is 4.56. The van der Waals surface area contributed by atoms with Crippen molar-refractivity contribution < 1.29 is 4.79 Å². The molecule has 1 rings (SSSR count). The van der Waals surface area contributed by atoms with E-state index in [0.29, 0.717) is 0 Å². The van der Waals surface area contributed by atoms with Crippen molar-refractivity contribution in [1.82, 2.24) is 4.72 Å². The standard InChI is InChI=1S/C5H13NOS3/c1-10(2,3,4)5(7)6-8-9-10/h1-4H3,(H,6,7). The van der Waals surface area contributed by atoms with Gasteiger partial charge in [0.15, 0.2) is 0 Å². The predicted octanol–water partition coefficient (Wildman–Crippen LogP) is 2.32. The quantitative estimate of drug-likeness (QED) is 0.479. The highest BCUT2D eigenvalue weighted by Crippen LogP contribution is 2.93. The molecule has 0 saturated carbocycles. The summed E-state index contributed by atoms with van der Waals surface area (Å²) in [5, 5.41) is 0.204. The van der Waals surface area contributed by atoms with E-state index in [0.717, 1.165) is 0 Å². The van der Waals surface area contributed by atoms with E-state index in [1.54, 1.807) is 9.83 Å². The molecule has 5 heteroatoms. The first-order valence-electron chi connectivity index (χ1n) is 2.83. The van der Waals surface area contributed by atoms with Crippen LogP contribution in [-0.4, -0.2) is 30.3 Å². The van der Waals surface area contributed by atoms with Crippen LogP contribution in [0.25, 0.3) is 0 Å². The van der Waals surface area contributed by atoms with Crippen LogP contribution in [0, 0.1) is 0 Å². The molecule has 0 aromatic carbocycles. The van der Waals surface area contributed by atoms with Gasteiger partial charge in [-0.25, -0.2) is 0 Å². The summed E-state index contributed by atoms with van der Waals surface area (Å²) in [5.74, 6) is 0. The Balaban J connectivity index is 3.21. The van der Waals surface area contributed by atoms with E-state index < -0.39 is 7.33 Å². The maximum absolute atomic E-state index is 11.4. The summed E-state index contributed by atoms with van der Waals surface area (Å²) in [7, 11) is 0.740. The van der Waals surface area contributed by atoms with Gasteiger partial charge in [0.05, 0.1) is 0 Å². The summed E-state index contributed by atoms with van der Waals surface area (Å²) in [4.78, 5) is 11.4. The molecule has 1 heterocycles. The van der Waals surface area contributed by atoms with Gasteiger partial charge in [0.2, 0.25) is 0 Å².